The van der Waals surface area contributed by atoms with Gasteiger partial charge < -0.3 is 14.8 Å². The lowest BCUT2D eigenvalue weighted by molar-refractivity contribution is -0.120. The zero-order chi connectivity index (χ0) is 18.1. The van der Waals surface area contributed by atoms with E-state index in [1.165, 1.54) is 0 Å². The molecule has 2 aromatic heterocycles. The number of hydrogen-bond acceptors (Lipinski definition) is 5. The summed E-state index contributed by atoms with van der Waals surface area (Å²) in [5, 5.41) is 3.79. The maximum absolute atomic E-state index is 11.8. The first kappa shape index (κ1) is 16.7. The molecule has 1 aliphatic rings. The summed E-state index contributed by atoms with van der Waals surface area (Å²) in [5.74, 6) is 2.18. The number of imidazole rings is 1. The molecule has 1 aromatic carbocycles. The fraction of sp³-hybridized carbons (Fsp3) is 0.222. The average Bonchev–Trinajstić information content (AvgIpc) is 2.96. The van der Waals surface area contributed by atoms with E-state index in [2.05, 4.69) is 31.2 Å². The molecule has 1 fully saturated rings. The van der Waals surface area contributed by atoms with Crippen molar-refractivity contribution in [2.45, 2.75) is 0 Å². The van der Waals surface area contributed by atoms with Crippen molar-refractivity contribution in [2.24, 2.45) is 7.05 Å². The summed E-state index contributed by atoms with van der Waals surface area (Å²) in [4.78, 5) is 27.5. The second-order valence-corrected chi connectivity index (χ2v) is 6.87. The third kappa shape index (κ3) is 3.32. The van der Waals surface area contributed by atoms with Gasteiger partial charge in [0, 0.05) is 31.7 Å². The van der Waals surface area contributed by atoms with Crippen LogP contribution < -0.4 is 10.2 Å². The highest BCUT2D eigenvalue weighted by Crippen LogP contribution is 2.25. The quantitative estimate of drug-likeness (QED) is 0.713. The van der Waals surface area contributed by atoms with Gasteiger partial charge in [-0.1, -0.05) is 12.1 Å². The Kier molecular flexibility index (Phi) is 4.42. The predicted molar refractivity (Wildman–Crippen MR) is 105 cm³/mol. The SMILES string of the molecule is Cn1cc(Br)nc1/C=C/c1nc(N2CCNC(=O)C2)c2ccccc2n1. The zero-order valence-corrected chi connectivity index (χ0v) is 15.8. The Morgan fingerprint density at radius 1 is 1.19 bits per heavy atom. The van der Waals surface area contributed by atoms with E-state index >= 15 is 0 Å². The Morgan fingerprint density at radius 2 is 2.04 bits per heavy atom. The molecule has 0 spiro atoms. The van der Waals surface area contributed by atoms with E-state index in [0.717, 1.165) is 33.7 Å². The minimum atomic E-state index is 0.00824. The maximum atomic E-state index is 11.8. The molecule has 1 amide bonds. The Morgan fingerprint density at radius 3 is 2.81 bits per heavy atom. The summed E-state index contributed by atoms with van der Waals surface area (Å²) in [5.41, 5.74) is 0.851. The Balaban J connectivity index is 1.76. The lowest BCUT2D eigenvalue weighted by Crippen LogP contribution is -2.48. The van der Waals surface area contributed by atoms with E-state index in [1.807, 2.05) is 59.1 Å². The second kappa shape index (κ2) is 6.87. The number of aromatic nitrogens is 4. The largest absolute Gasteiger partial charge is 0.353 e. The number of piperazine rings is 1. The standard InChI is InChI=1S/C18H17BrN6O/c1-24-10-14(19)22-16(24)7-6-15-21-13-5-3-2-4-12(13)18(23-15)25-9-8-20-17(26)11-25/h2-7,10H,8-9,11H2,1H3,(H,20,26)/b7-6+. The van der Waals surface area contributed by atoms with Crippen LogP contribution in [0.25, 0.3) is 23.1 Å². The van der Waals surface area contributed by atoms with Crippen LogP contribution in [0.5, 0.6) is 0 Å². The number of amides is 1. The van der Waals surface area contributed by atoms with Gasteiger partial charge in [-0.05, 0) is 40.2 Å². The molecular formula is C18H17BrN6O. The predicted octanol–water partition coefficient (Wildman–Crippen LogP) is 2.23. The molecule has 0 radical (unpaired) electrons. The molecule has 7 nitrogen and oxygen atoms in total. The van der Waals surface area contributed by atoms with Crippen molar-refractivity contribution >= 4 is 50.7 Å². The highest BCUT2D eigenvalue weighted by Gasteiger charge is 2.20. The Labute approximate surface area is 158 Å². The van der Waals surface area contributed by atoms with Crippen molar-refractivity contribution in [3.63, 3.8) is 0 Å². The van der Waals surface area contributed by atoms with Gasteiger partial charge >= 0.3 is 0 Å². The molecule has 0 aliphatic carbocycles. The molecule has 0 bridgehead atoms. The molecule has 0 unspecified atom stereocenters. The van der Waals surface area contributed by atoms with E-state index < -0.39 is 0 Å². The van der Waals surface area contributed by atoms with E-state index in [1.54, 1.807) is 0 Å². The average molecular weight is 413 g/mol. The first-order valence-electron chi connectivity index (χ1n) is 8.25. The minimum Gasteiger partial charge on any atom is -0.353 e. The topological polar surface area (TPSA) is 75.9 Å². The van der Waals surface area contributed by atoms with Crippen LogP contribution in [0.4, 0.5) is 5.82 Å². The zero-order valence-electron chi connectivity index (χ0n) is 14.2. The summed E-state index contributed by atoms with van der Waals surface area (Å²) >= 11 is 3.37. The molecular weight excluding hydrogens is 396 g/mol. The van der Waals surface area contributed by atoms with Gasteiger partial charge in [-0.25, -0.2) is 15.0 Å². The van der Waals surface area contributed by atoms with Crippen LogP contribution in [0, 0.1) is 0 Å². The molecule has 1 aliphatic heterocycles. The van der Waals surface area contributed by atoms with Crippen LogP contribution in [0.1, 0.15) is 11.6 Å². The lowest BCUT2D eigenvalue weighted by atomic mass is 10.2. The second-order valence-electron chi connectivity index (χ2n) is 6.06. The van der Waals surface area contributed by atoms with Crippen LogP contribution in [-0.4, -0.2) is 45.1 Å². The van der Waals surface area contributed by atoms with Gasteiger partial charge in [0.05, 0.1) is 12.1 Å². The lowest BCUT2D eigenvalue weighted by Gasteiger charge is -2.28. The van der Waals surface area contributed by atoms with E-state index in [9.17, 15) is 4.79 Å². The summed E-state index contributed by atoms with van der Waals surface area (Å²) in [6.45, 7) is 1.64. The minimum absolute atomic E-state index is 0.00824. The van der Waals surface area contributed by atoms with Gasteiger partial charge in [-0.3, -0.25) is 4.79 Å². The van der Waals surface area contributed by atoms with Gasteiger partial charge in [-0.2, -0.15) is 0 Å². The summed E-state index contributed by atoms with van der Waals surface area (Å²) in [6.07, 6.45) is 5.61. The number of nitrogens with one attached hydrogen (secondary N) is 1. The highest BCUT2D eigenvalue weighted by molar-refractivity contribution is 9.10. The van der Waals surface area contributed by atoms with Gasteiger partial charge in [0.25, 0.3) is 0 Å². The number of rotatable bonds is 3. The van der Waals surface area contributed by atoms with Gasteiger partial charge in [0.1, 0.15) is 16.2 Å². The summed E-state index contributed by atoms with van der Waals surface area (Å²) in [7, 11) is 1.93. The number of carbonyl (C=O) groups is 1. The first-order chi connectivity index (χ1) is 12.6. The summed E-state index contributed by atoms with van der Waals surface area (Å²) < 4.78 is 2.69. The van der Waals surface area contributed by atoms with Gasteiger partial charge in [0.15, 0.2) is 5.82 Å². The van der Waals surface area contributed by atoms with E-state index in [4.69, 9.17) is 4.98 Å². The number of para-hydroxylation sites is 1. The molecule has 8 heteroatoms. The molecule has 1 N–H and O–H groups in total. The first-order valence-corrected chi connectivity index (χ1v) is 9.05. The van der Waals surface area contributed by atoms with E-state index in [0.29, 0.717) is 18.9 Å². The van der Waals surface area contributed by atoms with Crippen LogP contribution in [0.3, 0.4) is 0 Å². The van der Waals surface area contributed by atoms with Crippen LogP contribution in [0.15, 0.2) is 35.1 Å². The fourth-order valence-corrected chi connectivity index (χ4v) is 3.45. The molecule has 132 valence electrons. The smallest absolute Gasteiger partial charge is 0.239 e. The normalized spacial score (nSPS) is 15.0. The van der Waals surface area contributed by atoms with Gasteiger partial charge in [0.2, 0.25) is 5.91 Å². The van der Waals surface area contributed by atoms with Crippen molar-refractivity contribution in [3.8, 4) is 0 Å². The van der Waals surface area contributed by atoms with Crippen molar-refractivity contribution < 1.29 is 4.79 Å². The maximum Gasteiger partial charge on any atom is 0.239 e. The molecule has 0 saturated carbocycles. The van der Waals surface area contributed by atoms with Crippen LogP contribution in [0.2, 0.25) is 0 Å². The third-order valence-corrected chi connectivity index (χ3v) is 4.58. The molecule has 3 heterocycles. The monoisotopic (exact) mass is 412 g/mol. The number of hydrogen-bond donors (Lipinski definition) is 1. The van der Waals surface area contributed by atoms with Crippen molar-refractivity contribution in [2.75, 3.05) is 24.5 Å². The molecule has 4 rings (SSSR count). The molecule has 3 aromatic rings. The number of halogens is 1. The van der Waals surface area contributed by atoms with Gasteiger partial charge in [-0.15, -0.1) is 0 Å². The number of anilines is 1. The number of fused-ring (bicyclic) bond motifs is 1. The Hall–Kier alpha value is -2.74. The fourth-order valence-electron chi connectivity index (χ4n) is 2.96. The van der Waals surface area contributed by atoms with Crippen molar-refractivity contribution in [1.29, 1.82) is 0 Å². The van der Waals surface area contributed by atoms with Crippen molar-refractivity contribution in [3.05, 3.63) is 46.7 Å². The van der Waals surface area contributed by atoms with Crippen LogP contribution >= 0.6 is 15.9 Å². The third-order valence-electron chi connectivity index (χ3n) is 4.20. The highest BCUT2D eigenvalue weighted by atomic mass is 79.9. The summed E-state index contributed by atoms with van der Waals surface area (Å²) in [6, 6.07) is 7.85. The van der Waals surface area contributed by atoms with E-state index in [-0.39, 0.29) is 5.91 Å². The number of benzene rings is 1. The number of aryl methyl sites for hydroxylation is 1. The number of carbonyl (C=O) groups excluding carboxylic acids is 1. The Bertz CT molecular complexity index is 1010. The molecule has 0 atom stereocenters. The number of nitrogens with zero attached hydrogens (tertiary/aromatic N) is 5. The molecule has 26 heavy (non-hydrogen) atoms. The van der Waals surface area contributed by atoms with Crippen molar-refractivity contribution in [1.82, 2.24) is 24.8 Å². The molecule has 1 saturated heterocycles. The van der Waals surface area contributed by atoms with Crippen LogP contribution in [-0.2, 0) is 11.8 Å².